The number of hydrogen-bond acceptors (Lipinski definition) is 2. The molecule has 2 aromatic heterocycles. The Morgan fingerprint density at radius 3 is 1.77 bits per heavy atom. The molecule has 5 aromatic carbocycles. The second-order valence-electron chi connectivity index (χ2n) is 9.89. The van der Waals surface area contributed by atoms with Crippen molar-refractivity contribution in [3.8, 4) is 22.5 Å². The molecule has 2 heterocycles. The number of rotatable bonds is 3. The van der Waals surface area contributed by atoms with Gasteiger partial charge in [0, 0.05) is 32.5 Å². The zero-order valence-corrected chi connectivity index (χ0v) is 24.8. The first-order valence-electron chi connectivity index (χ1n) is 13.3. The Bertz CT molecular complexity index is 1810. The molecule has 0 amide bonds. The summed E-state index contributed by atoms with van der Waals surface area (Å²) in [6, 6.07) is 46.3. The number of aromatic nitrogens is 2. The number of fused-ring (bicyclic) bond motifs is 6. The van der Waals surface area contributed by atoms with Gasteiger partial charge in [0.25, 0.3) is 0 Å². The Balaban J connectivity index is 0.000000209. The van der Waals surface area contributed by atoms with E-state index in [1.165, 1.54) is 37.9 Å². The minimum atomic E-state index is 0. The maximum Gasteiger partial charge on any atom is 0.0163 e. The molecule has 0 aliphatic carbocycles. The number of pyridine rings is 2. The van der Waals surface area contributed by atoms with Crippen molar-refractivity contribution in [2.45, 2.75) is 19.8 Å². The van der Waals surface area contributed by atoms with Crippen LogP contribution in [0, 0.1) is 12.1 Å². The Morgan fingerprint density at radius 2 is 1.15 bits per heavy atom. The van der Waals surface area contributed by atoms with Crippen LogP contribution in [0.25, 0.3) is 54.8 Å². The van der Waals surface area contributed by atoms with E-state index in [1.807, 2.05) is 48.7 Å². The predicted octanol–water partition coefficient (Wildman–Crippen LogP) is 9.68. The average molecular weight is 693 g/mol. The van der Waals surface area contributed by atoms with Crippen LogP contribution >= 0.6 is 0 Å². The summed E-state index contributed by atoms with van der Waals surface area (Å²) in [4.78, 5) is 8.83. The fourth-order valence-electron chi connectivity index (χ4n) is 5.02. The zero-order valence-electron chi connectivity index (χ0n) is 22.4. The van der Waals surface area contributed by atoms with Gasteiger partial charge in [-0.2, -0.15) is 0 Å². The van der Waals surface area contributed by atoms with E-state index in [9.17, 15) is 0 Å². The SMILES string of the molecule is CC(C)c1ccnc(-c2[c-]cc3c4ccccc4c4ccccc4c3c2)c1.[Ir].[c-]1ccccc1-c1ccccn1. The summed E-state index contributed by atoms with van der Waals surface area (Å²) in [6.45, 7) is 4.42. The monoisotopic (exact) mass is 693 g/mol. The third-order valence-electron chi connectivity index (χ3n) is 7.05. The van der Waals surface area contributed by atoms with Crippen LogP contribution in [0.1, 0.15) is 25.3 Å². The summed E-state index contributed by atoms with van der Waals surface area (Å²) in [6.07, 6.45) is 3.69. The molecule has 197 valence electrons. The number of nitrogens with zero attached hydrogens (tertiary/aromatic N) is 2. The second kappa shape index (κ2) is 12.3. The standard InChI is InChI=1S/C26H20N.C11H8N.Ir/c1-17(2)18-13-14-27-26(16-18)19-11-12-24-22-9-4-3-7-20(22)21-8-5-6-10-23(21)25(24)15-19;1-2-6-10(7-3-1)11-8-4-5-9-12-11;/h3-10,12-17H,1-2H3;1-6,8-9H;/q2*-1;. The molecule has 40 heavy (non-hydrogen) atoms. The van der Waals surface area contributed by atoms with Gasteiger partial charge in [0.15, 0.2) is 0 Å². The molecule has 0 spiro atoms. The number of benzene rings is 5. The smallest absolute Gasteiger partial charge is 0.0163 e. The normalized spacial score (nSPS) is 10.8. The van der Waals surface area contributed by atoms with Gasteiger partial charge in [0.05, 0.1) is 0 Å². The van der Waals surface area contributed by atoms with Crippen molar-refractivity contribution in [2.24, 2.45) is 0 Å². The van der Waals surface area contributed by atoms with Crippen LogP contribution in [-0.4, -0.2) is 9.97 Å². The average Bonchev–Trinajstić information content (AvgIpc) is 3.02. The molecule has 0 atom stereocenters. The van der Waals surface area contributed by atoms with Crippen molar-refractivity contribution in [1.82, 2.24) is 9.97 Å². The Hall–Kier alpha value is -4.17. The summed E-state index contributed by atoms with van der Waals surface area (Å²) in [5.74, 6) is 0.483. The molecular weight excluding hydrogens is 665 g/mol. The maximum absolute atomic E-state index is 4.61. The van der Waals surface area contributed by atoms with E-state index in [1.54, 1.807) is 6.20 Å². The molecule has 1 radical (unpaired) electrons. The molecule has 0 unspecified atom stereocenters. The first-order valence-corrected chi connectivity index (χ1v) is 13.3. The van der Waals surface area contributed by atoms with E-state index in [0.717, 1.165) is 22.5 Å². The Morgan fingerprint density at radius 1 is 0.525 bits per heavy atom. The third kappa shape index (κ3) is 5.58. The zero-order chi connectivity index (χ0) is 26.6. The van der Waals surface area contributed by atoms with E-state index in [2.05, 4.69) is 109 Å². The Labute approximate surface area is 249 Å². The largest absolute Gasteiger partial charge is 0.305 e. The first kappa shape index (κ1) is 27.4. The summed E-state index contributed by atoms with van der Waals surface area (Å²) < 4.78 is 0. The minimum absolute atomic E-state index is 0. The molecule has 0 aliphatic rings. The van der Waals surface area contributed by atoms with Gasteiger partial charge in [0.1, 0.15) is 0 Å². The molecule has 0 N–H and O–H groups in total. The van der Waals surface area contributed by atoms with Crippen molar-refractivity contribution in [3.63, 3.8) is 0 Å². The van der Waals surface area contributed by atoms with Crippen molar-refractivity contribution >= 4 is 32.3 Å². The van der Waals surface area contributed by atoms with Gasteiger partial charge in [-0.15, -0.1) is 59.7 Å². The molecule has 7 aromatic rings. The summed E-state index contributed by atoms with van der Waals surface area (Å²) >= 11 is 0. The van der Waals surface area contributed by atoms with Crippen LogP contribution < -0.4 is 0 Å². The van der Waals surface area contributed by atoms with E-state index in [-0.39, 0.29) is 20.1 Å². The molecule has 0 fully saturated rings. The quantitative estimate of drug-likeness (QED) is 0.136. The second-order valence-corrected chi connectivity index (χ2v) is 9.89. The van der Waals surface area contributed by atoms with E-state index < -0.39 is 0 Å². The van der Waals surface area contributed by atoms with Crippen LogP contribution in [-0.2, 0) is 20.1 Å². The molecule has 7 rings (SSSR count). The molecule has 0 saturated carbocycles. The third-order valence-corrected chi connectivity index (χ3v) is 7.05. The van der Waals surface area contributed by atoms with Gasteiger partial charge in [0.2, 0.25) is 0 Å². The van der Waals surface area contributed by atoms with Gasteiger partial charge < -0.3 is 9.97 Å². The minimum Gasteiger partial charge on any atom is -0.305 e. The van der Waals surface area contributed by atoms with Crippen molar-refractivity contribution in [3.05, 3.63) is 145 Å². The maximum atomic E-state index is 4.61. The van der Waals surface area contributed by atoms with Crippen molar-refractivity contribution in [2.75, 3.05) is 0 Å². The van der Waals surface area contributed by atoms with Gasteiger partial charge >= 0.3 is 0 Å². The van der Waals surface area contributed by atoms with Crippen LogP contribution in [0.15, 0.2) is 128 Å². The van der Waals surface area contributed by atoms with E-state index in [4.69, 9.17) is 0 Å². The fourth-order valence-corrected chi connectivity index (χ4v) is 5.02. The van der Waals surface area contributed by atoms with Crippen LogP contribution in [0.2, 0.25) is 0 Å². The molecule has 2 nitrogen and oxygen atoms in total. The van der Waals surface area contributed by atoms with Gasteiger partial charge in [-0.25, -0.2) is 0 Å². The fraction of sp³-hybridized carbons (Fsp3) is 0.0811. The van der Waals surface area contributed by atoms with Crippen LogP contribution in [0.3, 0.4) is 0 Å². The molecule has 0 aliphatic heterocycles. The Kier molecular flexibility index (Phi) is 8.45. The van der Waals surface area contributed by atoms with Gasteiger partial charge in [-0.1, -0.05) is 102 Å². The molecule has 0 bridgehead atoms. The number of hydrogen-bond donors (Lipinski definition) is 0. The molecule has 0 saturated heterocycles. The van der Waals surface area contributed by atoms with Crippen LogP contribution in [0.4, 0.5) is 0 Å². The summed E-state index contributed by atoms with van der Waals surface area (Å²) in [5.41, 5.74) is 5.35. The predicted molar refractivity (Wildman–Crippen MR) is 164 cm³/mol. The van der Waals surface area contributed by atoms with Gasteiger partial charge in [-0.3, -0.25) is 0 Å². The first-order chi connectivity index (χ1) is 19.2. The topological polar surface area (TPSA) is 25.8 Å². The van der Waals surface area contributed by atoms with E-state index >= 15 is 0 Å². The summed E-state index contributed by atoms with van der Waals surface area (Å²) in [5, 5.41) is 7.64. The summed E-state index contributed by atoms with van der Waals surface area (Å²) in [7, 11) is 0. The molecule has 3 heteroatoms. The van der Waals surface area contributed by atoms with Crippen molar-refractivity contribution < 1.29 is 20.1 Å². The van der Waals surface area contributed by atoms with Crippen molar-refractivity contribution in [1.29, 1.82) is 0 Å². The molecular formula is C37H28IrN2-2. The van der Waals surface area contributed by atoms with E-state index in [0.29, 0.717) is 5.92 Å². The van der Waals surface area contributed by atoms with Crippen LogP contribution in [0.5, 0.6) is 0 Å². The van der Waals surface area contributed by atoms with Gasteiger partial charge in [-0.05, 0) is 45.6 Å².